The van der Waals surface area contributed by atoms with Crippen molar-refractivity contribution in [1.82, 2.24) is 9.38 Å². The molecule has 1 atom stereocenters. The first-order valence-electron chi connectivity index (χ1n) is 6.12. The van der Waals surface area contributed by atoms with Crippen LogP contribution in [0, 0.1) is 5.92 Å². The predicted molar refractivity (Wildman–Crippen MR) is 71.5 cm³/mol. The second kappa shape index (κ2) is 5.27. The number of carboxylic acid groups (broad SMARTS) is 1. The van der Waals surface area contributed by atoms with Crippen LogP contribution in [0.3, 0.4) is 0 Å². The molecule has 0 spiro atoms. The monoisotopic (exact) mass is 263 g/mol. The number of carboxylic acids is 1. The third kappa shape index (κ3) is 2.53. The molecule has 2 heterocycles. The number of aromatic nitrogens is 2. The lowest BCUT2D eigenvalue weighted by Gasteiger charge is -2.19. The van der Waals surface area contributed by atoms with Crippen molar-refractivity contribution in [1.29, 1.82) is 0 Å². The zero-order valence-corrected chi connectivity index (χ0v) is 10.9. The Kier molecular flexibility index (Phi) is 3.71. The summed E-state index contributed by atoms with van der Waals surface area (Å²) >= 11 is 0. The summed E-state index contributed by atoms with van der Waals surface area (Å²) < 4.78 is 1.51. The Hall–Kier alpha value is -2.08. The van der Waals surface area contributed by atoms with E-state index in [1.807, 2.05) is 13.8 Å². The molecular formula is C13H17N3O3. The Morgan fingerprint density at radius 1 is 1.47 bits per heavy atom. The molecule has 6 nitrogen and oxygen atoms in total. The Morgan fingerprint density at radius 3 is 2.79 bits per heavy atom. The number of aliphatic hydroxyl groups excluding tert-OH is 1. The number of aromatic carboxylic acids is 1. The Labute approximate surface area is 110 Å². The minimum absolute atomic E-state index is 0.0784. The van der Waals surface area contributed by atoms with E-state index in [1.165, 1.54) is 4.40 Å². The summed E-state index contributed by atoms with van der Waals surface area (Å²) in [6, 6.07) is 5.05. The van der Waals surface area contributed by atoms with Crippen LogP contribution in [0.4, 0.5) is 5.82 Å². The summed E-state index contributed by atoms with van der Waals surface area (Å²) in [5, 5.41) is 21.6. The summed E-state index contributed by atoms with van der Waals surface area (Å²) in [5.74, 6) is -0.607. The molecule has 0 bridgehead atoms. The van der Waals surface area contributed by atoms with E-state index in [2.05, 4.69) is 10.3 Å². The number of rotatable bonds is 5. The predicted octanol–water partition coefficient (Wildman–Crippen LogP) is 1.46. The molecule has 0 fully saturated rings. The largest absolute Gasteiger partial charge is 0.476 e. The van der Waals surface area contributed by atoms with E-state index >= 15 is 0 Å². The van der Waals surface area contributed by atoms with Crippen molar-refractivity contribution >= 4 is 17.4 Å². The van der Waals surface area contributed by atoms with Gasteiger partial charge in [0.05, 0.1) is 12.6 Å². The van der Waals surface area contributed by atoms with Gasteiger partial charge in [0.2, 0.25) is 0 Å². The van der Waals surface area contributed by atoms with Crippen molar-refractivity contribution in [2.45, 2.75) is 19.9 Å². The number of hydrogen-bond donors (Lipinski definition) is 3. The van der Waals surface area contributed by atoms with Gasteiger partial charge in [-0.2, -0.15) is 0 Å². The third-order valence-corrected chi connectivity index (χ3v) is 3.06. The van der Waals surface area contributed by atoms with E-state index in [9.17, 15) is 15.0 Å². The van der Waals surface area contributed by atoms with E-state index in [4.69, 9.17) is 0 Å². The van der Waals surface area contributed by atoms with E-state index in [-0.39, 0.29) is 30.1 Å². The summed E-state index contributed by atoms with van der Waals surface area (Å²) in [5.41, 5.74) is 0.637. The number of anilines is 1. The molecule has 2 rings (SSSR count). The number of imidazole rings is 1. The molecule has 2 aromatic rings. The van der Waals surface area contributed by atoms with Gasteiger partial charge in [0.15, 0.2) is 11.5 Å². The van der Waals surface area contributed by atoms with E-state index in [0.29, 0.717) is 5.65 Å². The zero-order chi connectivity index (χ0) is 14.0. The normalized spacial score (nSPS) is 12.8. The van der Waals surface area contributed by atoms with Gasteiger partial charge in [-0.25, -0.2) is 9.78 Å². The molecule has 102 valence electrons. The molecule has 0 saturated carbocycles. The number of fused-ring (bicyclic) bond motifs is 1. The van der Waals surface area contributed by atoms with E-state index in [1.54, 1.807) is 24.4 Å². The number of carbonyl (C=O) groups is 1. The number of pyridine rings is 1. The highest BCUT2D eigenvalue weighted by molar-refractivity contribution is 5.93. The van der Waals surface area contributed by atoms with Crippen LogP contribution < -0.4 is 5.32 Å². The average Bonchev–Trinajstić information content (AvgIpc) is 2.73. The average molecular weight is 263 g/mol. The van der Waals surface area contributed by atoms with Gasteiger partial charge in [-0.1, -0.05) is 19.9 Å². The van der Waals surface area contributed by atoms with Crippen LogP contribution in [0.25, 0.3) is 5.65 Å². The van der Waals surface area contributed by atoms with Crippen LogP contribution in [0.5, 0.6) is 0 Å². The van der Waals surface area contributed by atoms with Gasteiger partial charge in [-0.3, -0.25) is 4.40 Å². The van der Waals surface area contributed by atoms with E-state index < -0.39 is 5.97 Å². The van der Waals surface area contributed by atoms with Gasteiger partial charge < -0.3 is 15.5 Å². The van der Waals surface area contributed by atoms with Crippen molar-refractivity contribution in [3.05, 3.63) is 30.1 Å². The lowest BCUT2D eigenvalue weighted by molar-refractivity contribution is 0.0690. The molecular weight excluding hydrogens is 246 g/mol. The number of nitrogens with zero attached hydrogens (tertiary/aromatic N) is 2. The second-order valence-electron chi connectivity index (χ2n) is 4.72. The zero-order valence-electron chi connectivity index (χ0n) is 10.9. The van der Waals surface area contributed by atoms with Gasteiger partial charge in [-0.05, 0) is 18.1 Å². The topological polar surface area (TPSA) is 86.9 Å². The molecule has 0 aliphatic rings. The van der Waals surface area contributed by atoms with Crippen molar-refractivity contribution in [2.75, 3.05) is 11.9 Å². The molecule has 19 heavy (non-hydrogen) atoms. The molecule has 0 amide bonds. The number of aliphatic hydroxyl groups is 1. The fourth-order valence-electron chi connectivity index (χ4n) is 1.90. The molecule has 3 N–H and O–H groups in total. The molecule has 0 aromatic carbocycles. The first kappa shape index (κ1) is 13.4. The van der Waals surface area contributed by atoms with E-state index in [0.717, 1.165) is 0 Å². The second-order valence-corrected chi connectivity index (χ2v) is 4.72. The quantitative estimate of drug-likeness (QED) is 0.760. The maximum atomic E-state index is 11.4. The molecule has 0 radical (unpaired) electrons. The highest BCUT2D eigenvalue weighted by Gasteiger charge is 2.21. The maximum absolute atomic E-state index is 11.4. The summed E-state index contributed by atoms with van der Waals surface area (Å²) in [4.78, 5) is 15.6. The number of hydrogen-bond acceptors (Lipinski definition) is 4. The molecule has 1 unspecified atom stereocenters. The Morgan fingerprint density at radius 2 is 2.21 bits per heavy atom. The standard InChI is InChI=1S/C13H17N3O3/c1-8(2)9(7-17)14-12-11(13(18)19)16-6-4-3-5-10(16)15-12/h3-6,8-9,14,17H,7H2,1-2H3,(H,18,19). The van der Waals surface area contributed by atoms with Crippen molar-refractivity contribution in [2.24, 2.45) is 5.92 Å². The fourth-order valence-corrected chi connectivity index (χ4v) is 1.90. The van der Waals surface area contributed by atoms with Crippen molar-refractivity contribution in [3.63, 3.8) is 0 Å². The van der Waals surface area contributed by atoms with Crippen LogP contribution in [-0.2, 0) is 0 Å². The highest BCUT2D eigenvalue weighted by atomic mass is 16.4. The van der Waals surface area contributed by atoms with Crippen molar-refractivity contribution < 1.29 is 15.0 Å². The maximum Gasteiger partial charge on any atom is 0.356 e. The summed E-state index contributed by atoms with van der Waals surface area (Å²) in [6.45, 7) is 3.82. The van der Waals surface area contributed by atoms with Crippen LogP contribution in [0.2, 0.25) is 0 Å². The third-order valence-electron chi connectivity index (χ3n) is 3.06. The summed E-state index contributed by atoms with van der Waals surface area (Å²) in [7, 11) is 0. The summed E-state index contributed by atoms with van der Waals surface area (Å²) in [6.07, 6.45) is 1.65. The first-order valence-corrected chi connectivity index (χ1v) is 6.12. The van der Waals surface area contributed by atoms with Crippen LogP contribution in [-0.4, -0.2) is 38.2 Å². The van der Waals surface area contributed by atoms with Gasteiger partial charge in [0.1, 0.15) is 5.65 Å². The Bertz CT molecular complexity index is 592. The van der Waals surface area contributed by atoms with Gasteiger partial charge in [0.25, 0.3) is 0 Å². The van der Waals surface area contributed by atoms with Crippen molar-refractivity contribution in [3.8, 4) is 0 Å². The minimum Gasteiger partial charge on any atom is -0.476 e. The van der Waals surface area contributed by atoms with Gasteiger partial charge in [-0.15, -0.1) is 0 Å². The molecule has 2 aromatic heterocycles. The molecule has 0 aliphatic heterocycles. The Balaban J connectivity index is 2.47. The highest BCUT2D eigenvalue weighted by Crippen LogP contribution is 2.20. The van der Waals surface area contributed by atoms with Crippen LogP contribution in [0.1, 0.15) is 24.3 Å². The first-order chi connectivity index (χ1) is 9.04. The number of nitrogens with one attached hydrogen (secondary N) is 1. The van der Waals surface area contributed by atoms with Crippen LogP contribution in [0.15, 0.2) is 24.4 Å². The fraction of sp³-hybridized carbons (Fsp3) is 0.385. The lowest BCUT2D eigenvalue weighted by atomic mass is 10.1. The van der Waals surface area contributed by atoms with Gasteiger partial charge in [0, 0.05) is 6.20 Å². The molecule has 0 aliphatic carbocycles. The minimum atomic E-state index is -1.05. The smallest absolute Gasteiger partial charge is 0.356 e. The van der Waals surface area contributed by atoms with Gasteiger partial charge >= 0.3 is 5.97 Å². The molecule has 6 heteroatoms. The SMILES string of the molecule is CC(C)C(CO)Nc1nc2ccccn2c1C(=O)O. The lowest BCUT2D eigenvalue weighted by Crippen LogP contribution is -2.30. The molecule has 0 saturated heterocycles. The van der Waals surface area contributed by atoms with Crippen LogP contribution >= 0.6 is 0 Å².